The van der Waals surface area contributed by atoms with E-state index in [2.05, 4.69) is 5.32 Å². The van der Waals surface area contributed by atoms with Gasteiger partial charge in [0.1, 0.15) is 0 Å². The molecule has 2 rings (SSSR count). The van der Waals surface area contributed by atoms with Gasteiger partial charge in [-0.05, 0) is 40.6 Å². The number of hydrogen-bond donors (Lipinski definition) is 1. The van der Waals surface area contributed by atoms with Gasteiger partial charge in [-0.2, -0.15) is 24.5 Å². The topological polar surface area (TPSA) is 12.0 Å². The molecule has 96 valence electrons. The minimum absolute atomic E-state index is 0.276. The molecule has 1 aromatic heterocycles. The highest BCUT2D eigenvalue weighted by molar-refractivity contribution is 7.07. The third-order valence-corrected chi connectivity index (χ3v) is 3.42. The molecule has 1 aromatic carbocycles. The number of benzene rings is 1. The quantitative estimate of drug-likeness (QED) is 0.836. The predicted molar refractivity (Wildman–Crippen MR) is 68.1 cm³/mol. The molecular formula is C12H9ClF3NS. The Kier molecular flexibility index (Phi) is 3.82. The van der Waals surface area contributed by atoms with Crippen molar-refractivity contribution >= 4 is 28.6 Å². The zero-order valence-electron chi connectivity index (χ0n) is 9.09. The molecule has 2 aromatic rings. The van der Waals surface area contributed by atoms with Gasteiger partial charge in [0.05, 0.1) is 16.3 Å². The van der Waals surface area contributed by atoms with Crippen LogP contribution in [0.25, 0.3) is 0 Å². The summed E-state index contributed by atoms with van der Waals surface area (Å²) in [6.45, 7) is 0.449. The SMILES string of the molecule is FC(F)(F)c1ccc(Cl)c(NCc2ccsc2)c1. The molecule has 0 fully saturated rings. The van der Waals surface area contributed by atoms with Gasteiger partial charge in [-0.3, -0.25) is 0 Å². The highest BCUT2D eigenvalue weighted by Gasteiger charge is 2.30. The summed E-state index contributed by atoms with van der Waals surface area (Å²) in [6, 6.07) is 5.15. The van der Waals surface area contributed by atoms with E-state index in [0.717, 1.165) is 17.7 Å². The lowest BCUT2D eigenvalue weighted by molar-refractivity contribution is -0.137. The maximum atomic E-state index is 12.5. The van der Waals surface area contributed by atoms with Gasteiger partial charge in [0.15, 0.2) is 0 Å². The molecule has 0 saturated heterocycles. The van der Waals surface area contributed by atoms with E-state index < -0.39 is 11.7 Å². The van der Waals surface area contributed by atoms with Crippen LogP contribution >= 0.6 is 22.9 Å². The predicted octanol–water partition coefficient (Wildman–Crippen LogP) is 5.03. The Labute approximate surface area is 111 Å². The molecule has 0 spiro atoms. The first-order valence-corrected chi connectivity index (χ1v) is 6.40. The monoisotopic (exact) mass is 291 g/mol. The summed E-state index contributed by atoms with van der Waals surface area (Å²) in [6.07, 6.45) is -4.36. The molecule has 18 heavy (non-hydrogen) atoms. The molecule has 0 unspecified atom stereocenters. The molecule has 1 heterocycles. The van der Waals surface area contributed by atoms with Crippen molar-refractivity contribution in [2.75, 3.05) is 5.32 Å². The Hall–Kier alpha value is -1.20. The van der Waals surface area contributed by atoms with Crippen LogP contribution in [0.3, 0.4) is 0 Å². The van der Waals surface area contributed by atoms with Gasteiger partial charge in [0.2, 0.25) is 0 Å². The van der Waals surface area contributed by atoms with Crippen LogP contribution in [-0.4, -0.2) is 0 Å². The number of hydrogen-bond acceptors (Lipinski definition) is 2. The fourth-order valence-electron chi connectivity index (χ4n) is 1.43. The van der Waals surface area contributed by atoms with Crippen molar-refractivity contribution in [3.63, 3.8) is 0 Å². The zero-order chi connectivity index (χ0) is 13.2. The van der Waals surface area contributed by atoms with E-state index in [4.69, 9.17) is 11.6 Å². The number of rotatable bonds is 3. The van der Waals surface area contributed by atoms with Crippen molar-refractivity contribution in [2.45, 2.75) is 12.7 Å². The summed E-state index contributed by atoms with van der Waals surface area (Å²) in [5.74, 6) is 0. The Morgan fingerprint density at radius 3 is 2.61 bits per heavy atom. The summed E-state index contributed by atoms with van der Waals surface area (Å²) in [5.41, 5.74) is 0.589. The van der Waals surface area contributed by atoms with Crippen molar-refractivity contribution in [1.82, 2.24) is 0 Å². The molecular weight excluding hydrogens is 283 g/mol. The first-order chi connectivity index (χ1) is 8.47. The second-order valence-electron chi connectivity index (χ2n) is 3.68. The van der Waals surface area contributed by atoms with Crippen LogP contribution in [0.1, 0.15) is 11.1 Å². The minimum atomic E-state index is -4.36. The van der Waals surface area contributed by atoms with Gasteiger partial charge in [0, 0.05) is 6.54 Å². The van der Waals surface area contributed by atoms with Crippen LogP contribution in [0.4, 0.5) is 18.9 Å². The largest absolute Gasteiger partial charge is 0.416 e. The molecule has 0 aliphatic heterocycles. The summed E-state index contributed by atoms with van der Waals surface area (Å²) in [5, 5.41) is 7.01. The normalized spacial score (nSPS) is 11.6. The Morgan fingerprint density at radius 2 is 2.00 bits per heavy atom. The van der Waals surface area contributed by atoms with Crippen LogP contribution in [0, 0.1) is 0 Å². The number of thiophene rings is 1. The molecule has 0 radical (unpaired) electrons. The van der Waals surface area contributed by atoms with Crippen molar-refractivity contribution < 1.29 is 13.2 Å². The van der Waals surface area contributed by atoms with Crippen LogP contribution in [0.5, 0.6) is 0 Å². The van der Waals surface area contributed by atoms with E-state index in [0.29, 0.717) is 6.54 Å². The summed E-state index contributed by atoms with van der Waals surface area (Å²) >= 11 is 7.39. The second kappa shape index (κ2) is 5.20. The molecule has 0 saturated carbocycles. The van der Waals surface area contributed by atoms with Crippen LogP contribution in [-0.2, 0) is 12.7 Å². The van der Waals surface area contributed by atoms with Gasteiger partial charge >= 0.3 is 6.18 Å². The molecule has 0 bridgehead atoms. The number of anilines is 1. The molecule has 1 nitrogen and oxygen atoms in total. The van der Waals surface area contributed by atoms with E-state index in [-0.39, 0.29) is 10.7 Å². The van der Waals surface area contributed by atoms with Gasteiger partial charge in [-0.25, -0.2) is 0 Å². The average molecular weight is 292 g/mol. The third-order valence-electron chi connectivity index (χ3n) is 2.36. The van der Waals surface area contributed by atoms with E-state index >= 15 is 0 Å². The highest BCUT2D eigenvalue weighted by Crippen LogP contribution is 2.33. The van der Waals surface area contributed by atoms with Crippen molar-refractivity contribution in [1.29, 1.82) is 0 Å². The van der Waals surface area contributed by atoms with Crippen molar-refractivity contribution in [3.8, 4) is 0 Å². The van der Waals surface area contributed by atoms with Gasteiger partial charge in [-0.15, -0.1) is 0 Å². The second-order valence-corrected chi connectivity index (χ2v) is 4.86. The minimum Gasteiger partial charge on any atom is -0.380 e. The average Bonchev–Trinajstić information content (AvgIpc) is 2.79. The summed E-state index contributed by atoms with van der Waals surface area (Å²) in [7, 11) is 0. The first-order valence-electron chi connectivity index (χ1n) is 5.08. The van der Waals surface area contributed by atoms with E-state index in [1.807, 2.05) is 16.8 Å². The fraction of sp³-hybridized carbons (Fsp3) is 0.167. The highest BCUT2D eigenvalue weighted by atomic mass is 35.5. The number of nitrogens with one attached hydrogen (secondary N) is 1. The number of alkyl halides is 3. The smallest absolute Gasteiger partial charge is 0.380 e. The molecule has 0 atom stereocenters. The van der Waals surface area contributed by atoms with Gasteiger partial charge in [0.25, 0.3) is 0 Å². The molecule has 1 N–H and O–H groups in total. The molecule has 0 amide bonds. The van der Waals surface area contributed by atoms with Crippen molar-refractivity contribution in [3.05, 3.63) is 51.2 Å². The lowest BCUT2D eigenvalue weighted by atomic mass is 10.2. The molecule has 0 aliphatic rings. The Bertz CT molecular complexity index is 523. The summed E-state index contributed by atoms with van der Waals surface area (Å²) in [4.78, 5) is 0. The van der Waals surface area contributed by atoms with Crippen LogP contribution in [0.2, 0.25) is 5.02 Å². The number of halogens is 4. The zero-order valence-corrected chi connectivity index (χ0v) is 10.7. The fourth-order valence-corrected chi connectivity index (χ4v) is 2.28. The first kappa shape index (κ1) is 13.2. The lowest BCUT2D eigenvalue weighted by Gasteiger charge is -2.11. The Balaban J connectivity index is 2.16. The van der Waals surface area contributed by atoms with Crippen LogP contribution in [0.15, 0.2) is 35.0 Å². The molecule has 6 heteroatoms. The lowest BCUT2D eigenvalue weighted by Crippen LogP contribution is -2.06. The van der Waals surface area contributed by atoms with E-state index in [9.17, 15) is 13.2 Å². The Morgan fingerprint density at radius 1 is 1.22 bits per heavy atom. The van der Waals surface area contributed by atoms with Crippen molar-refractivity contribution in [2.24, 2.45) is 0 Å². The maximum absolute atomic E-state index is 12.5. The van der Waals surface area contributed by atoms with Crippen LogP contribution < -0.4 is 5.32 Å². The standard InChI is InChI=1S/C12H9ClF3NS/c13-10-2-1-9(12(14,15)16)5-11(10)17-6-8-3-4-18-7-8/h1-5,7,17H,6H2. The molecule has 0 aliphatic carbocycles. The summed E-state index contributed by atoms with van der Waals surface area (Å²) < 4.78 is 37.6. The van der Waals surface area contributed by atoms with Gasteiger partial charge in [-0.1, -0.05) is 11.6 Å². The third kappa shape index (κ3) is 3.17. The van der Waals surface area contributed by atoms with E-state index in [1.54, 1.807) is 0 Å². The van der Waals surface area contributed by atoms with Gasteiger partial charge < -0.3 is 5.32 Å². The maximum Gasteiger partial charge on any atom is 0.416 e. The van der Waals surface area contributed by atoms with E-state index in [1.165, 1.54) is 17.4 Å².